The summed E-state index contributed by atoms with van der Waals surface area (Å²) >= 11 is 0. The average molecular weight is 260 g/mol. The number of hydrazine groups is 1. The smallest absolute Gasteiger partial charge is 0.210 e. The van der Waals surface area contributed by atoms with E-state index >= 15 is 0 Å². The van der Waals surface area contributed by atoms with Gasteiger partial charge in [-0.05, 0) is 30.4 Å². The Balaban J connectivity index is 2.06. The molecular formula is C15H24N4. The van der Waals surface area contributed by atoms with Gasteiger partial charge in [-0.15, -0.1) is 0 Å². The number of aliphatic imine (C=N–C) groups is 1. The first kappa shape index (κ1) is 13.9. The molecule has 1 aromatic rings. The molecule has 3 unspecified atom stereocenters. The fourth-order valence-corrected chi connectivity index (χ4v) is 2.67. The van der Waals surface area contributed by atoms with Crippen LogP contribution in [0.4, 0.5) is 5.69 Å². The van der Waals surface area contributed by atoms with Crippen LogP contribution >= 0.6 is 0 Å². The van der Waals surface area contributed by atoms with Gasteiger partial charge in [-0.1, -0.05) is 44.9 Å². The number of guanidine groups is 1. The van der Waals surface area contributed by atoms with Gasteiger partial charge in [0.15, 0.2) is 0 Å². The van der Waals surface area contributed by atoms with Crippen LogP contribution in [0.25, 0.3) is 0 Å². The summed E-state index contributed by atoms with van der Waals surface area (Å²) in [6.45, 7) is 4.60. The normalized spacial score (nSPS) is 27.9. The van der Waals surface area contributed by atoms with Gasteiger partial charge in [0.2, 0.25) is 5.96 Å². The molecule has 4 N–H and O–H groups in total. The van der Waals surface area contributed by atoms with Crippen molar-refractivity contribution in [1.29, 1.82) is 0 Å². The summed E-state index contributed by atoms with van der Waals surface area (Å²) in [7, 11) is 0. The summed E-state index contributed by atoms with van der Waals surface area (Å²) in [5, 5.41) is 3.23. The summed E-state index contributed by atoms with van der Waals surface area (Å²) in [4.78, 5) is 4.75. The Morgan fingerprint density at radius 1 is 1.21 bits per heavy atom. The van der Waals surface area contributed by atoms with Crippen molar-refractivity contribution in [3.8, 4) is 0 Å². The van der Waals surface area contributed by atoms with Crippen LogP contribution in [0.15, 0.2) is 35.3 Å². The van der Waals surface area contributed by atoms with Gasteiger partial charge in [-0.3, -0.25) is 5.43 Å². The van der Waals surface area contributed by atoms with Crippen LogP contribution < -0.4 is 16.6 Å². The molecule has 1 fully saturated rings. The summed E-state index contributed by atoms with van der Waals surface area (Å²) in [6, 6.07) is 10.3. The maximum absolute atomic E-state index is 5.57. The maximum Gasteiger partial charge on any atom is 0.210 e. The minimum absolute atomic E-state index is 0.353. The first-order chi connectivity index (χ1) is 9.20. The molecule has 0 radical (unpaired) electrons. The second-order valence-corrected chi connectivity index (χ2v) is 5.45. The summed E-state index contributed by atoms with van der Waals surface area (Å²) in [6.07, 6.45) is 3.71. The molecule has 1 aliphatic rings. The van der Waals surface area contributed by atoms with Gasteiger partial charge in [0.1, 0.15) is 0 Å². The average Bonchev–Trinajstić information content (AvgIpc) is 2.44. The molecule has 1 saturated carbocycles. The molecule has 4 nitrogen and oxygen atoms in total. The molecule has 0 amide bonds. The van der Waals surface area contributed by atoms with Crippen molar-refractivity contribution >= 4 is 11.6 Å². The zero-order valence-corrected chi connectivity index (χ0v) is 11.8. The number of para-hydroxylation sites is 1. The molecule has 3 atom stereocenters. The molecule has 0 heterocycles. The van der Waals surface area contributed by atoms with E-state index in [0.29, 0.717) is 17.9 Å². The van der Waals surface area contributed by atoms with Crippen molar-refractivity contribution in [2.75, 3.05) is 5.32 Å². The third-order valence-electron chi connectivity index (χ3n) is 4.13. The predicted molar refractivity (Wildman–Crippen MR) is 80.8 cm³/mol. The van der Waals surface area contributed by atoms with Crippen LogP contribution in [0.2, 0.25) is 0 Å². The van der Waals surface area contributed by atoms with Crippen LogP contribution in [0.1, 0.15) is 33.1 Å². The second kappa shape index (κ2) is 6.57. The second-order valence-electron chi connectivity index (χ2n) is 5.45. The number of anilines is 1. The highest BCUT2D eigenvalue weighted by atomic mass is 15.3. The van der Waals surface area contributed by atoms with Gasteiger partial charge in [-0.2, -0.15) is 0 Å². The zero-order valence-electron chi connectivity index (χ0n) is 11.8. The van der Waals surface area contributed by atoms with Crippen molar-refractivity contribution in [2.45, 2.75) is 39.2 Å². The van der Waals surface area contributed by atoms with Gasteiger partial charge >= 0.3 is 0 Å². The number of nitrogens with two attached hydrogens (primary N) is 1. The van der Waals surface area contributed by atoms with Crippen molar-refractivity contribution < 1.29 is 0 Å². The lowest BCUT2D eigenvalue weighted by Gasteiger charge is -2.32. The van der Waals surface area contributed by atoms with E-state index in [0.717, 1.165) is 18.0 Å². The Hall–Kier alpha value is -1.55. The van der Waals surface area contributed by atoms with Gasteiger partial charge in [0.25, 0.3) is 0 Å². The summed E-state index contributed by atoms with van der Waals surface area (Å²) in [5.74, 6) is 7.57. The fourth-order valence-electron chi connectivity index (χ4n) is 2.67. The van der Waals surface area contributed by atoms with E-state index in [-0.39, 0.29) is 0 Å². The predicted octanol–water partition coefficient (Wildman–Crippen LogP) is 2.74. The number of rotatable bonds is 2. The molecule has 104 valence electrons. The molecule has 0 spiro atoms. The van der Waals surface area contributed by atoms with Crippen LogP contribution in [0.3, 0.4) is 0 Å². The Bertz CT molecular complexity index is 415. The number of hydrogen-bond acceptors (Lipinski definition) is 2. The highest BCUT2D eigenvalue weighted by Crippen LogP contribution is 2.31. The third kappa shape index (κ3) is 3.70. The topological polar surface area (TPSA) is 62.4 Å². The van der Waals surface area contributed by atoms with Crippen molar-refractivity contribution in [2.24, 2.45) is 22.7 Å². The van der Waals surface area contributed by atoms with Crippen molar-refractivity contribution in [1.82, 2.24) is 5.43 Å². The Morgan fingerprint density at radius 2 is 1.95 bits per heavy atom. The van der Waals surface area contributed by atoms with E-state index < -0.39 is 0 Å². The van der Waals surface area contributed by atoms with Gasteiger partial charge < -0.3 is 5.32 Å². The van der Waals surface area contributed by atoms with Gasteiger partial charge in [0, 0.05) is 5.69 Å². The zero-order chi connectivity index (χ0) is 13.7. The molecule has 19 heavy (non-hydrogen) atoms. The molecule has 0 aromatic heterocycles. The molecule has 0 aliphatic heterocycles. The standard InChI is InChI=1S/C15H24N4/c1-11-7-6-10-14(12(11)2)18-15(19-16)17-13-8-4-3-5-9-13/h3-5,8-9,11-12,14H,6-7,10,16H2,1-2H3,(H2,17,18,19). The molecule has 2 rings (SSSR count). The van der Waals surface area contributed by atoms with Crippen LogP contribution in [0.5, 0.6) is 0 Å². The number of hydrogen-bond donors (Lipinski definition) is 3. The van der Waals surface area contributed by atoms with Crippen molar-refractivity contribution in [3.05, 3.63) is 30.3 Å². The number of nitrogens with one attached hydrogen (secondary N) is 2. The maximum atomic E-state index is 5.57. The van der Waals surface area contributed by atoms with E-state index in [1.807, 2.05) is 30.3 Å². The van der Waals surface area contributed by atoms with E-state index in [1.54, 1.807) is 0 Å². The van der Waals surface area contributed by atoms with Gasteiger partial charge in [0.05, 0.1) is 6.04 Å². The molecule has 0 bridgehead atoms. The number of nitrogens with zero attached hydrogens (tertiary/aromatic N) is 1. The fraction of sp³-hybridized carbons (Fsp3) is 0.533. The van der Waals surface area contributed by atoms with E-state index in [9.17, 15) is 0 Å². The summed E-state index contributed by atoms with van der Waals surface area (Å²) < 4.78 is 0. The third-order valence-corrected chi connectivity index (χ3v) is 4.13. The minimum atomic E-state index is 0.353. The minimum Gasteiger partial charge on any atom is -0.325 e. The first-order valence-electron chi connectivity index (χ1n) is 7.07. The molecule has 1 aliphatic carbocycles. The van der Waals surface area contributed by atoms with Crippen LogP contribution in [-0.4, -0.2) is 12.0 Å². The lowest BCUT2D eigenvalue weighted by atomic mass is 9.78. The summed E-state index contributed by atoms with van der Waals surface area (Å²) in [5.41, 5.74) is 3.67. The molecular weight excluding hydrogens is 236 g/mol. The van der Waals surface area contributed by atoms with E-state index in [2.05, 4.69) is 24.6 Å². The first-order valence-corrected chi connectivity index (χ1v) is 7.07. The van der Waals surface area contributed by atoms with Crippen LogP contribution in [0, 0.1) is 11.8 Å². The van der Waals surface area contributed by atoms with E-state index in [4.69, 9.17) is 10.8 Å². The van der Waals surface area contributed by atoms with Crippen molar-refractivity contribution in [3.63, 3.8) is 0 Å². The van der Waals surface area contributed by atoms with Gasteiger partial charge in [-0.25, -0.2) is 10.8 Å². The molecule has 4 heteroatoms. The van der Waals surface area contributed by atoms with E-state index in [1.165, 1.54) is 12.8 Å². The lowest BCUT2D eigenvalue weighted by molar-refractivity contribution is 0.241. The molecule has 1 aromatic carbocycles. The lowest BCUT2D eigenvalue weighted by Crippen LogP contribution is -2.39. The highest BCUT2D eigenvalue weighted by Gasteiger charge is 2.26. The Kier molecular flexibility index (Phi) is 4.80. The Morgan fingerprint density at radius 3 is 2.63 bits per heavy atom. The monoisotopic (exact) mass is 260 g/mol. The highest BCUT2D eigenvalue weighted by molar-refractivity contribution is 5.93. The quantitative estimate of drug-likeness (QED) is 0.331. The molecule has 0 saturated heterocycles. The number of benzene rings is 1. The largest absolute Gasteiger partial charge is 0.325 e. The van der Waals surface area contributed by atoms with Crippen LogP contribution in [-0.2, 0) is 0 Å². The SMILES string of the molecule is CC1CCCC(N=C(NN)Nc2ccccc2)C1C. The Labute approximate surface area is 115 Å².